The summed E-state index contributed by atoms with van der Waals surface area (Å²) in [5.74, 6) is -1.66. The van der Waals surface area contributed by atoms with Gasteiger partial charge in [0, 0.05) is 37.2 Å². The maximum absolute atomic E-state index is 12.5. The summed E-state index contributed by atoms with van der Waals surface area (Å²) >= 11 is 6.08. The van der Waals surface area contributed by atoms with Crippen molar-refractivity contribution in [3.63, 3.8) is 0 Å². The summed E-state index contributed by atoms with van der Waals surface area (Å²) in [6.45, 7) is 2.46. The van der Waals surface area contributed by atoms with Gasteiger partial charge in [-0.1, -0.05) is 35.9 Å². The number of benzene rings is 3. The second-order valence-corrected chi connectivity index (χ2v) is 8.23. The smallest absolute Gasteiger partial charge is 0.308 e. The van der Waals surface area contributed by atoms with Crippen molar-refractivity contribution in [3.8, 4) is 5.75 Å². The average molecular weight is 523 g/mol. The van der Waals surface area contributed by atoms with Gasteiger partial charge in [-0.15, -0.1) is 5.10 Å². The van der Waals surface area contributed by atoms with E-state index in [4.69, 9.17) is 21.1 Å². The van der Waals surface area contributed by atoms with E-state index in [1.54, 1.807) is 48.5 Å². The van der Waals surface area contributed by atoms with Crippen molar-refractivity contribution in [1.29, 1.82) is 0 Å². The molecule has 0 radical (unpaired) electrons. The Labute approximate surface area is 215 Å². The quantitative estimate of drug-likeness (QED) is 0.215. The van der Waals surface area contributed by atoms with Crippen molar-refractivity contribution in [2.75, 3.05) is 5.32 Å². The summed E-state index contributed by atoms with van der Waals surface area (Å²) in [5, 5.41) is 19.6. The number of amides is 2. The fourth-order valence-electron chi connectivity index (χ4n) is 3.51. The molecule has 0 aliphatic carbocycles. The van der Waals surface area contributed by atoms with Gasteiger partial charge in [0.05, 0.1) is 21.1 Å². The molecule has 3 aromatic rings. The first-order valence-corrected chi connectivity index (χ1v) is 11.2. The van der Waals surface area contributed by atoms with E-state index in [1.165, 1.54) is 26.0 Å². The summed E-state index contributed by atoms with van der Waals surface area (Å²) in [7, 11) is 0. The number of carbonyl (C=O) groups excluding carboxylic acids is 3. The van der Waals surface area contributed by atoms with Crippen LogP contribution in [0.1, 0.15) is 41.6 Å². The average Bonchev–Trinajstić information content (AvgIpc) is 3.30. The first-order valence-electron chi connectivity index (χ1n) is 10.8. The zero-order chi connectivity index (χ0) is 26.7. The van der Waals surface area contributed by atoms with Crippen molar-refractivity contribution < 1.29 is 28.8 Å². The Hall–Kier alpha value is -4.77. The Morgan fingerprint density at radius 2 is 1.78 bits per heavy atom. The largest absolute Gasteiger partial charge is 0.446 e. The first kappa shape index (κ1) is 25.3. The van der Waals surface area contributed by atoms with Crippen molar-refractivity contribution in [1.82, 2.24) is 5.01 Å². The van der Waals surface area contributed by atoms with Gasteiger partial charge in [0.2, 0.25) is 18.0 Å². The van der Waals surface area contributed by atoms with Gasteiger partial charge in [-0.3, -0.25) is 24.5 Å². The number of nitrogens with zero attached hydrogens (tertiary/aromatic N) is 3. The molecule has 4 rings (SSSR count). The highest BCUT2D eigenvalue weighted by atomic mass is 35.5. The lowest BCUT2D eigenvalue weighted by molar-refractivity contribution is -0.384. The molecule has 0 bridgehead atoms. The predicted octanol–water partition coefficient (Wildman–Crippen LogP) is 4.66. The summed E-state index contributed by atoms with van der Waals surface area (Å²) in [5.41, 5.74) is 1.03. The Bertz CT molecular complexity index is 1440. The number of nitro benzene ring substituents is 1. The van der Waals surface area contributed by atoms with Gasteiger partial charge in [-0.25, -0.2) is 0 Å². The lowest BCUT2D eigenvalue weighted by Crippen LogP contribution is -2.25. The Balaban J connectivity index is 1.60. The number of nitrogens with one attached hydrogen (secondary N) is 1. The molecular weight excluding hydrogens is 504 g/mol. The van der Waals surface area contributed by atoms with E-state index in [2.05, 4.69) is 10.4 Å². The van der Waals surface area contributed by atoms with Crippen LogP contribution < -0.4 is 10.1 Å². The first-order chi connectivity index (χ1) is 17.6. The van der Waals surface area contributed by atoms with Crippen LogP contribution in [0, 0.1) is 10.1 Å². The molecule has 1 aliphatic rings. The van der Waals surface area contributed by atoms with Gasteiger partial charge < -0.3 is 14.8 Å². The van der Waals surface area contributed by atoms with Crippen molar-refractivity contribution >= 4 is 46.7 Å². The second-order valence-electron chi connectivity index (χ2n) is 7.83. The number of carbonyl (C=O) groups is 3. The molecule has 37 heavy (non-hydrogen) atoms. The molecule has 3 aromatic carbocycles. The Morgan fingerprint density at radius 1 is 1.08 bits per heavy atom. The molecule has 11 nitrogen and oxygen atoms in total. The van der Waals surface area contributed by atoms with Crippen LogP contribution in [0.2, 0.25) is 5.02 Å². The number of hydrogen-bond donors (Lipinski definition) is 1. The van der Waals surface area contributed by atoms with E-state index < -0.39 is 28.9 Å². The lowest BCUT2D eigenvalue weighted by Gasteiger charge is -2.19. The number of anilines is 1. The molecule has 12 heteroatoms. The molecule has 1 N–H and O–H groups in total. The minimum atomic E-state index is -1.01. The van der Waals surface area contributed by atoms with E-state index in [9.17, 15) is 24.5 Å². The number of esters is 1. The zero-order valence-electron chi connectivity index (χ0n) is 19.5. The van der Waals surface area contributed by atoms with Crippen molar-refractivity contribution in [2.45, 2.75) is 20.1 Å². The van der Waals surface area contributed by atoms with Crippen LogP contribution >= 0.6 is 11.6 Å². The monoisotopic (exact) mass is 522 g/mol. The maximum Gasteiger partial charge on any atom is 0.308 e. The summed E-state index contributed by atoms with van der Waals surface area (Å²) in [6, 6.07) is 16.7. The van der Waals surface area contributed by atoms with E-state index in [0.717, 1.165) is 11.1 Å². The van der Waals surface area contributed by atoms with Crippen LogP contribution in [0.5, 0.6) is 5.75 Å². The molecule has 0 fully saturated rings. The minimum Gasteiger partial charge on any atom is -0.446 e. The fourth-order valence-corrected chi connectivity index (χ4v) is 3.73. The molecule has 0 spiro atoms. The van der Waals surface area contributed by atoms with Crippen molar-refractivity contribution in [2.24, 2.45) is 5.10 Å². The van der Waals surface area contributed by atoms with Crippen LogP contribution in [-0.2, 0) is 14.3 Å². The normalized spacial score (nSPS) is 14.4. The number of hydrazone groups is 1. The van der Waals surface area contributed by atoms with Gasteiger partial charge in [0.25, 0.3) is 11.6 Å². The topological polar surface area (TPSA) is 140 Å². The van der Waals surface area contributed by atoms with E-state index >= 15 is 0 Å². The third-order valence-electron chi connectivity index (χ3n) is 5.20. The molecule has 188 valence electrons. The summed E-state index contributed by atoms with van der Waals surface area (Å²) in [6.07, 6.45) is -1.01. The molecule has 2 amide bonds. The predicted molar refractivity (Wildman–Crippen MR) is 133 cm³/mol. The maximum atomic E-state index is 12.5. The lowest BCUT2D eigenvalue weighted by atomic mass is 10.1. The number of non-ortho nitro benzene ring substituents is 1. The Morgan fingerprint density at radius 3 is 2.41 bits per heavy atom. The fraction of sp³-hybridized carbons (Fsp3) is 0.120. The standard InChI is InChI=1S/C25H19ClN4O7/c1-14(31)29-25(16-7-9-17(10-8-16)27-23(33)19-5-3-4-6-21(19)26)37-24(28-29)20-13-18(30(34)35)11-12-22(20)36-15(2)32/h3-13,25H,1-2H3,(H,27,33)/t25-/m0/s1. The SMILES string of the molecule is CC(=O)Oc1ccc([N+](=O)[O-])cc1C1=NN(C(C)=O)[C@H](c2ccc(NC(=O)c3ccccc3Cl)cc2)O1. The summed E-state index contributed by atoms with van der Waals surface area (Å²) in [4.78, 5) is 47.1. The van der Waals surface area contributed by atoms with E-state index in [0.29, 0.717) is 21.8 Å². The van der Waals surface area contributed by atoms with E-state index in [-0.39, 0.29) is 22.9 Å². The number of halogens is 1. The molecule has 0 saturated carbocycles. The van der Waals surface area contributed by atoms with E-state index in [1.807, 2.05) is 0 Å². The number of rotatable bonds is 6. The van der Waals surface area contributed by atoms with Crippen molar-refractivity contribution in [3.05, 3.63) is 98.6 Å². The molecular formula is C25H19ClN4O7. The minimum absolute atomic E-state index is 0.0152. The van der Waals surface area contributed by atoms with Crippen LogP contribution in [0.4, 0.5) is 11.4 Å². The highest BCUT2D eigenvalue weighted by Gasteiger charge is 2.35. The molecule has 1 aliphatic heterocycles. The number of hydrogen-bond acceptors (Lipinski definition) is 8. The molecule has 0 unspecified atom stereocenters. The molecule has 0 saturated heterocycles. The van der Waals surface area contributed by atoms with Gasteiger partial charge in [-0.2, -0.15) is 5.01 Å². The van der Waals surface area contributed by atoms with Crippen LogP contribution in [0.3, 0.4) is 0 Å². The van der Waals surface area contributed by atoms with Gasteiger partial charge in [-0.05, 0) is 30.3 Å². The second kappa shape index (κ2) is 10.5. The van der Waals surface area contributed by atoms with Gasteiger partial charge >= 0.3 is 5.97 Å². The van der Waals surface area contributed by atoms with Crippen LogP contribution in [0.15, 0.2) is 71.8 Å². The molecule has 0 aromatic heterocycles. The zero-order valence-corrected chi connectivity index (χ0v) is 20.3. The number of nitro groups is 1. The van der Waals surface area contributed by atoms with Gasteiger partial charge in [0.15, 0.2) is 0 Å². The highest BCUT2D eigenvalue weighted by Crippen LogP contribution is 2.34. The van der Waals surface area contributed by atoms with Gasteiger partial charge in [0.1, 0.15) is 5.75 Å². The molecule has 1 atom stereocenters. The Kier molecular flexibility index (Phi) is 7.16. The third-order valence-corrected chi connectivity index (χ3v) is 5.53. The molecule has 1 heterocycles. The summed E-state index contributed by atoms with van der Waals surface area (Å²) < 4.78 is 11.1. The van der Waals surface area contributed by atoms with Crippen LogP contribution in [0.25, 0.3) is 0 Å². The van der Waals surface area contributed by atoms with Crippen LogP contribution in [-0.4, -0.2) is 33.6 Å². The third kappa shape index (κ3) is 5.57. The number of ether oxygens (including phenoxy) is 2. The highest BCUT2D eigenvalue weighted by molar-refractivity contribution is 6.34.